The highest BCUT2D eigenvalue weighted by Crippen LogP contribution is 2.27. The molecule has 20 heavy (non-hydrogen) atoms. The lowest BCUT2D eigenvalue weighted by atomic mass is 9.93. The number of halogens is 1. The monoisotopic (exact) mass is 291 g/mol. The minimum atomic E-state index is 0.0721. The molecule has 0 bridgehead atoms. The van der Waals surface area contributed by atoms with Crippen molar-refractivity contribution >= 4 is 28.4 Å². The van der Waals surface area contributed by atoms with Crippen LogP contribution in [0.2, 0.25) is 5.02 Å². The molecule has 1 atom stereocenters. The predicted molar refractivity (Wildman–Crippen MR) is 80.4 cm³/mol. The third-order valence-corrected chi connectivity index (χ3v) is 4.25. The summed E-state index contributed by atoms with van der Waals surface area (Å²) < 4.78 is 5.60. The van der Waals surface area contributed by atoms with Crippen molar-refractivity contribution in [2.24, 2.45) is 5.92 Å². The summed E-state index contributed by atoms with van der Waals surface area (Å²) in [6.07, 6.45) is 3.89. The zero-order valence-corrected chi connectivity index (χ0v) is 12.1. The van der Waals surface area contributed by atoms with Gasteiger partial charge in [-0.05, 0) is 50.4 Å². The Morgan fingerprint density at radius 2 is 2.35 bits per heavy atom. The van der Waals surface area contributed by atoms with Crippen LogP contribution in [0.4, 0.5) is 0 Å². The number of ketones is 1. The Balaban J connectivity index is 1.67. The largest absolute Gasteiger partial charge is 0.451 e. The fraction of sp³-hybridized carbons (Fsp3) is 0.438. The Kier molecular flexibility index (Phi) is 4.08. The summed E-state index contributed by atoms with van der Waals surface area (Å²) in [5.74, 6) is 1.11. The Labute approximate surface area is 123 Å². The number of benzene rings is 1. The van der Waals surface area contributed by atoms with E-state index < -0.39 is 0 Å². The maximum absolute atomic E-state index is 12.2. The second kappa shape index (κ2) is 5.98. The lowest BCUT2D eigenvalue weighted by molar-refractivity contribution is 0.0946. The van der Waals surface area contributed by atoms with E-state index in [9.17, 15) is 4.79 Å². The Morgan fingerprint density at radius 1 is 1.45 bits per heavy atom. The smallest absolute Gasteiger partial charge is 0.198 e. The fourth-order valence-electron chi connectivity index (χ4n) is 2.79. The molecule has 3 nitrogen and oxygen atoms in total. The Morgan fingerprint density at radius 3 is 3.10 bits per heavy atom. The van der Waals surface area contributed by atoms with Crippen molar-refractivity contribution in [3.05, 3.63) is 35.0 Å². The molecule has 1 aliphatic rings. The molecule has 1 saturated heterocycles. The van der Waals surface area contributed by atoms with Crippen LogP contribution in [-0.2, 0) is 0 Å². The number of fused-ring (bicyclic) bond motifs is 1. The average Bonchev–Trinajstić information content (AvgIpc) is 2.91. The fourth-order valence-corrected chi connectivity index (χ4v) is 3.01. The first kappa shape index (κ1) is 13.7. The van der Waals surface area contributed by atoms with Gasteiger partial charge in [0.25, 0.3) is 0 Å². The normalized spacial score (nSPS) is 19.4. The number of carbonyl (C=O) groups excluding carboxylic acids is 1. The van der Waals surface area contributed by atoms with E-state index in [1.807, 2.05) is 12.1 Å². The van der Waals surface area contributed by atoms with Crippen molar-refractivity contribution in [2.45, 2.75) is 25.7 Å². The zero-order valence-electron chi connectivity index (χ0n) is 11.3. The van der Waals surface area contributed by atoms with Crippen LogP contribution in [0.5, 0.6) is 0 Å². The first-order valence-corrected chi connectivity index (χ1v) is 7.54. The average molecular weight is 292 g/mol. The quantitative estimate of drug-likeness (QED) is 0.864. The van der Waals surface area contributed by atoms with E-state index in [0.29, 0.717) is 28.7 Å². The molecular weight excluding hydrogens is 274 g/mol. The molecule has 0 radical (unpaired) electrons. The maximum Gasteiger partial charge on any atom is 0.198 e. The van der Waals surface area contributed by atoms with Crippen molar-refractivity contribution in [1.82, 2.24) is 5.32 Å². The second-order valence-electron chi connectivity index (χ2n) is 5.44. The van der Waals surface area contributed by atoms with E-state index in [1.165, 1.54) is 12.8 Å². The van der Waals surface area contributed by atoms with Gasteiger partial charge in [0.1, 0.15) is 0 Å². The van der Waals surface area contributed by atoms with Crippen LogP contribution < -0.4 is 5.32 Å². The first-order valence-electron chi connectivity index (χ1n) is 7.16. The number of nitrogens with one attached hydrogen (secondary N) is 1. The zero-order chi connectivity index (χ0) is 13.9. The first-order chi connectivity index (χ1) is 9.74. The van der Waals surface area contributed by atoms with Gasteiger partial charge in [-0.15, -0.1) is 0 Å². The Bertz CT molecular complexity index is 614. The molecule has 0 spiro atoms. The van der Waals surface area contributed by atoms with Crippen LogP contribution in [0.15, 0.2) is 28.7 Å². The third-order valence-electron chi connectivity index (χ3n) is 3.95. The second-order valence-corrected chi connectivity index (χ2v) is 5.85. The highest BCUT2D eigenvalue weighted by Gasteiger charge is 2.18. The van der Waals surface area contributed by atoms with E-state index >= 15 is 0 Å². The van der Waals surface area contributed by atoms with Gasteiger partial charge in [0.2, 0.25) is 0 Å². The standard InChI is InChI=1S/C16H18ClNO2/c17-13-5-1-4-12-9-15(20-16(12)13)14(19)7-6-11-3-2-8-18-10-11/h1,4-5,9,11,18H,2-3,6-8,10H2. The van der Waals surface area contributed by atoms with Crippen molar-refractivity contribution in [2.75, 3.05) is 13.1 Å². The van der Waals surface area contributed by atoms with E-state index in [2.05, 4.69) is 5.32 Å². The molecule has 2 heterocycles. The van der Waals surface area contributed by atoms with Crippen LogP contribution >= 0.6 is 11.6 Å². The number of furan rings is 1. The van der Waals surface area contributed by atoms with Crippen molar-refractivity contribution < 1.29 is 9.21 Å². The molecule has 0 amide bonds. The van der Waals surface area contributed by atoms with E-state index in [4.69, 9.17) is 16.0 Å². The van der Waals surface area contributed by atoms with E-state index in [1.54, 1.807) is 12.1 Å². The van der Waals surface area contributed by atoms with E-state index in [-0.39, 0.29) is 5.78 Å². The number of carbonyl (C=O) groups is 1. The molecule has 1 unspecified atom stereocenters. The number of Topliss-reactive ketones (excluding diaryl/α,β-unsaturated/α-hetero) is 1. The molecular formula is C16H18ClNO2. The topological polar surface area (TPSA) is 42.2 Å². The molecule has 1 aliphatic heterocycles. The Hall–Kier alpha value is -1.32. The minimum absolute atomic E-state index is 0.0721. The van der Waals surface area contributed by atoms with Gasteiger partial charge in [-0.3, -0.25) is 4.79 Å². The van der Waals surface area contributed by atoms with Crippen LogP contribution in [-0.4, -0.2) is 18.9 Å². The summed E-state index contributed by atoms with van der Waals surface area (Å²) >= 11 is 6.06. The van der Waals surface area contributed by atoms with Gasteiger partial charge < -0.3 is 9.73 Å². The molecule has 106 valence electrons. The lowest BCUT2D eigenvalue weighted by Gasteiger charge is -2.21. The molecule has 0 aliphatic carbocycles. The van der Waals surface area contributed by atoms with Crippen LogP contribution in [0.3, 0.4) is 0 Å². The number of hydrogen-bond acceptors (Lipinski definition) is 3. The summed E-state index contributed by atoms with van der Waals surface area (Å²) in [7, 11) is 0. The number of piperidine rings is 1. The summed E-state index contributed by atoms with van der Waals surface area (Å²) in [5, 5.41) is 4.82. The van der Waals surface area contributed by atoms with Gasteiger partial charge in [0.15, 0.2) is 17.1 Å². The summed E-state index contributed by atoms with van der Waals surface area (Å²) in [6.45, 7) is 2.13. The third kappa shape index (κ3) is 2.89. The van der Waals surface area contributed by atoms with Crippen LogP contribution in [0.1, 0.15) is 36.2 Å². The maximum atomic E-state index is 12.2. The molecule has 3 rings (SSSR count). The van der Waals surface area contributed by atoms with Gasteiger partial charge in [-0.2, -0.15) is 0 Å². The summed E-state index contributed by atoms with van der Waals surface area (Å²) in [4.78, 5) is 12.2. The van der Waals surface area contributed by atoms with E-state index in [0.717, 1.165) is 24.9 Å². The number of rotatable bonds is 4. The van der Waals surface area contributed by atoms with Crippen molar-refractivity contribution in [3.63, 3.8) is 0 Å². The molecule has 0 saturated carbocycles. The highest BCUT2D eigenvalue weighted by molar-refractivity contribution is 6.34. The molecule has 2 aromatic rings. The summed E-state index contributed by atoms with van der Waals surface area (Å²) in [5.41, 5.74) is 0.608. The number of hydrogen-bond donors (Lipinski definition) is 1. The molecule has 4 heteroatoms. The predicted octanol–water partition coefficient (Wildman–Crippen LogP) is 4.05. The molecule has 1 N–H and O–H groups in total. The molecule has 1 aromatic heterocycles. The molecule has 1 fully saturated rings. The summed E-state index contributed by atoms with van der Waals surface area (Å²) in [6, 6.07) is 7.34. The van der Waals surface area contributed by atoms with Crippen molar-refractivity contribution in [1.29, 1.82) is 0 Å². The molecule has 1 aromatic carbocycles. The van der Waals surface area contributed by atoms with Gasteiger partial charge in [0, 0.05) is 11.8 Å². The van der Waals surface area contributed by atoms with Gasteiger partial charge in [-0.1, -0.05) is 23.7 Å². The highest BCUT2D eigenvalue weighted by atomic mass is 35.5. The van der Waals surface area contributed by atoms with Gasteiger partial charge >= 0.3 is 0 Å². The van der Waals surface area contributed by atoms with Crippen molar-refractivity contribution in [3.8, 4) is 0 Å². The number of para-hydroxylation sites is 1. The minimum Gasteiger partial charge on any atom is -0.451 e. The van der Waals surface area contributed by atoms with Crippen LogP contribution in [0, 0.1) is 5.92 Å². The van der Waals surface area contributed by atoms with Crippen LogP contribution in [0.25, 0.3) is 11.0 Å². The van der Waals surface area contributed by atoms with Gasteiger partial charge in [0.05, 0.1) is 5.02 Å². The SMILES string of the molecule is O=C(CCC1CCCNC1)c1cc2cccc(Cl)c2o1. The lowest BCUT2D eigenvalue weighted by Crippen LogP contribution is -2.29. The van der Waals surface area contributed by atoms with Gasteiger partial charge in [-0.25, -0.2) is 0 Å².